The van der Waals surface area contributed by atoms with Crippen molar-refractivity contribution in [3.8, 4) is 5.75 Å². The highest BCUT2D eigenvalue weighted by Gasteiger charge is 2.43. The molecule has 4 heteroatoms. The van der Waals surface area contributed by atoms with E-state index < -0.39 is 0 Å². The fourth-order valence-electron chi connectivity index (χ4n) is 1.72. The van der Waals surface area contributed by atoms with E-state index >= 15 is 0 Å². The summed E-state index contributed by atoms with van der Waals surface area (Å²) in [7, 11) is 1.38. The summed E-state index contributed by atoms with van der Waals surface area (Å²) in [5.41, 5.74) is 0.731. The molecule has 4 nitrogen and oxygen atoms in total. The average Bonchev–Trinajstić information content (AvgIpc) is 3.18. The number of carbonyl (C=O) groups excluding carboxylic acids is 1. The first-order valence-electron chi connectivity index (χ1n) is 6.10. The Morgan fingerprint density at radius 1 is 1.44 bits per heavy atom. The molecule has 0 saturated carbocycles. The summed E-state index contributed by atoms with van der Waals surface area (Å²) in [6.07, 6.45) is 1.17. The summed E-state index contributed by atoms with van der Waals surface area (Å²) < 4.78 is 15.8. The molecule has 1 atom stereocenters. The molecular formula is C14H18O4. The molecule has 1 aromatic rings. The molecule has 2 rings (SSSR count). The summed E-state index contributed by atoms with van der Waals surface area (Å²) in [5.74, 6) is 0.463. The number of esters is 1. The molecule has 1 saturated heterocycles. The van der Waals surface area contributed by atoms with Crippen LogP contribution < -0.4 is 4.74 Å². The Morgan fingerprint density at radius 3 is 2.78 bits per heavy atom. The van der Waals surface area contributed by atoms with Crippen LogP contribution in [0.4, 0.5) is 0 Å². The van der Waals surface area contributed by atoms with Gasteiger partial charge in [0.05, 0.1) is 20.1 Å². The van der Waals surface area contributed by atoms with E-state index in [1.54, 1.807) is 0 Å². The lowest BCUT2D eigenvalue weighted by Crippen LogP contribution is -2.21. The molecule has 0 aromatic heterocycles. The van der Waals surface area contributed by atoms with Crippen molar-refractivity contribution in [3.05, 3.63) is 29.8 Å². The highest BCUT2D eigenvalue weighted by atomic mass is 16.6. The minimum atomic E-state index is -0.265. The molecule has 0 bridgehead atoms. The Hall–Kier alpha value is -1.55. The lowest BCUT2D eigenvalue weighted by molar-refractivity contribution is -0.139. The van der Waals surface area contributed by atoms with E-state index in [0.29, 0.717) is 6.61 Å². The monoisotopic (exact) mass is 250 g/mol. The SMILES string of the molecule is CCC1(COc2ccccc2CC(=O)OC)CO1. The van der Waals surface area contributed by atoms with Gasteiger partial charge in [0.2, 0.25) is 0 Å². The fourth-order valence-corrected chi connectivity index (χ4v) is 1.72. The smallest absolute Gasteiger partial charge is 0.310 e. The van der Waals surface area contributed by atoms with E-state index in [-0.39, 0.29) is 18.0 Å². The fraction of sp³-hybridized carbons (Fsp3) is 0.500. The first kappa shape index (κ1) is 12.9. The lowest BCUT2D eigenvalue weighted by atomic mass is 10.1. The largest absolute Gasteiger partial charge is 0.490 e. The van der Waals surface area contributed by atoms with Gasteiger partial charge in [-0.3, -0.25) is 4.79 Å². The van der Waals surface area contributed by atoms with Gasteiger partial charge in [0.1, 0.15) is 18.0 Å². The van der Waals surface area contributed by atoms with E-state index in [0.717, 1.165) is 24.3 Å². The standard InChI is InChI=1S/C14H18O4/c1-3-14(10-18-14)9-17-12-7-5-4-6-11(12)8-13(15)16-2/h4-7H,3,8-10H2,1-2H3. The van der Waals surface area contributed by atoms with Gasteiger partial charge in [0.25, 0.3) is 0 Å². The van der Waals surface area contributed by atoms with E-state index in [9.17, 15) is 4.79 Å². The molecule has 1 aromatic carbocycles. The minimum Gasteiger partial charge on any atom is -0.490 e. The number of hydrogen-bond donors (Lipinski definition) is 0. The summed E-state index contributed by atoms with van der Waals surface area (Å²) in [6, 6.07) is 7.51. The molecular weight excluding hydrogens is 232 g/mol. The van der Waals surface area contributed by atoms with Crippen molar-refractivity contribution in [2.45, 2.75) is 25.4 Å². The van der Waals surface area contributed by atoms with Crippen LogP contribution in [0, 0.1) is 0 Å². The predicted octanol–water partition coefficient (Wildman–Crippen LogP) is 1.96. The number of benzene rings is 1. The van der Waals surface area contributed by atoms with Gasteiger partial charge in [-0.15, -0.1) is 0 Å². The normalized spacial score (nSPS) is 21.4. The zero-order valence-electron chi connectivity index (χ0n) is 10.8. The van der Waals surface area contributed by atoms with Crippen molar-refractivity contribution in [1.29, 1.82) is 0 Å². The summed E-state index contributed by atoms with van der Waals surface area (Å²) in [5, 5.41) is 0. The van der Waals surface area contributed by atoms with Crippen molar-refractivity contribution in [3.63, 3.8) is 0 Å². The van der Waals surface area contributed by atoms with Crippen LogP contribution in [-0.2, 0) is 20.7 Å². The summed E-state index contributed by atoms with van der Waals surface area (Å²) in [4.78, 5) is 11.3. The number of rotatable bonds is 6. The van der Waals surface area contributed by atoms with E-state index in [4.69, 9.17) is 9.47 Å². The number of hydrogen-bond acceptors (Lipinski definition) is 4. The number of methoxy groups -OCH3 is 1. The maximum Gasteiger partial charge on any atom is 0.310 e. The number of epoxide rings is 1. The molecule has 98 valence electrons. The highest BCUT2D eigenvalue weighted by molar-refractivity contribution is 5.73. The molecule has 1 heterocycles. The van der Waals surface area contributed by atoms with Gasteiger partial charge in [-0.25, -0.2) is 0 Å². The van der Waals surface area contributed by atoms with E-state index in [1.165, 1.54) is 7.11 Å². The molecule has 1 fully saturated rings. The zero-order chi connectivity index (χ0) is 13.0. The molecule has 0 radical (unpaired) electrons. The first-order valence-corrected chi connectivity index (χ1v) is 6.10. The quantitative estimate of drug-likeness (QED) is 0.572. The maximum absolute atomic E-state index is 11.3. The van der Waals surface area contributed by atoms with Crippen molar-refractivity contribution in [1.82, 2.24) is 0 Å². The first-order chi connectivity index (χ1) is 8.69. The number of carbonyl (C=O) groups is 1. The van der Waals surface area contributed by atoms with Gasteiger partial charge in [-0.2, -0.15) is 0 Å². The van der Waals surface area contributed by atoms with Gasteiger partial charge in [-0.1, -0.05) is 25.1 Å². The second-order valence-corrected chi connectivity index (χ2v) is 4.47. The summed E-state index contributed by atoms with van der Waals surface area (Å²) >= 11 is 0. The lowest BCUT2D eigenvalue weighted by Gasteiger charge is -2.14. The minimum absolute atomic E-state index is 0.113. The van der Waals surface area contributed by atoms with Gasteiger partial charge >= 0.3 is 5.97 Å². The van der Waals surface area contributed by atoms with Gasteiger partial charge in [0.15, 0.2) is 0 Å². The molecule has 0 N–H and O–H groups in total. The van der Waals surface area contributed by atoms with Gasteiger partial charge in [-0.05, 0) is 12.5 Å². The van der Waals surface area contributed by atoms with Crippen molar-refractivity contribution in [2.24, 2.45) is 0 Å². The van der Waals surface area contributed by atoms with Crippen LogP contribution in [0.15, 0.2) is 24.3 Å². The van der Waals surface area contributed by atoms with Crippen LogP contribution in [0.3, 0.4) is 0 Å². The van der Waals surface area contributed by atoms with Crippen LogP contribution in [-0.4, -0.2) is 31.9 Å². The van der Waals surface area contributed by atoms with Crippen LogP contribution in [0.25, 0.3) is 0 Å². The van der Waals surface area contributed by atoms with Crippen molar-refractivity contribution >= 4 is 5.97 Å². The third-order valence-corrected chi connectivity index (χ3v) is 3.22. The Morgan fingerprint density at radius 2 is 2.17 bits per heavy atom. The van der Waals surface area contributed by atoms with Crippen LogP contribution in [0.1, 0.15) is 18.9 Å². The Balaban J connectivity index is 2.00. The van der Waals surface area contributed by atoms with E-state index in [1.807, 2.05) is 24.3 Å². The molecule has 0 amide bonds. The van der Waals surface area contributed by atoms with Gasteiger partial charge in [0, 0.05) is 5.56 Å². The Kier molecular flexibility index (Phi) is 3.87. The average molecular weight is 250 g/mol. The van der Waals surface area contributed by atoms with Crippen LogP contribution in [0.5, 0.6) is 5.75 Å². The Bertz CT molecular complexity index is 424. The molecule has 1 unspecified atom stereocenters. The van der Waals surface area contributed by atoms with Crippen LogP contribution in [0.2, 0.25) is 0 Å². The second kappa shape index (κ2) is 5.40. The predicted molar refractivity (Wildman–Crippen MR) is 66.6 cm³/mol. The Labute approximate surface area is 107 Å². The topological polar surface area (TPSA) is 48.1 Å². The number of para-hydroxylation sites is 1. The van der Waals surface area contributed by atoms with Crippen molar-refractivity contribution < 1.29 is 19.0 Å². The molecule has 1 aliphatic heterocycles. The van der Waals surface area contributed by atoms with Crippen molar-refractivity contribution in [2.75, 3.05) is 20.3 Å². The van der Waals surface area contributed by atoms with Gasteiger partial charge < -0.3 is 14.2 Å². The summed E-state index contributed by atoms with van der Waals surface area (Å²) in [6.45, 7) is 3.36. The third kappa shape index (κ3) is 3.01. The molecule has 18 heavy (non-hydrogen) atoms. The molecule has 1 aliphatic rings. The third-order valence-electron chi connectivity index (χ3n) is 3.22. The van der Waals surface area contributed by atoms with E-state index in [2.05, 4.69) is 11.7 Å². The molecule has 0 spiro atoms. The number of ether oxygens (including phenoxy) is 3. The zero-order valence-corrected chi connectivity index (χ0v) is 10.8. The second-order valence-electron chi connectivity index (χ2n) is 4.47. The highest BCUT2D eigenvalue weighted by Crippen LogP contribution is 2.32. The molecule has 0 aliphatic carbocycles. The van der Waals surface area contributed by atoms with Crippen LogP contribution >= 0.6 is 0 Å². The maximum atomic E-state index is 11.3.